The second kappa shape index (κ2) is 4.12. The highest BCUT2D eigenvalue weighted by atomic mass is 15.0. The zero-order chi connectivity index (χ0) is 12.5. The molecule has 3 rings (SSSR count). The minimum absolute atomic E-state index is 0.469. The van der Waals surface area contributed by atoms with E-state index in [0.29, 0.717) is 18.0 Å². The molecule has 5 N–H and O–H groups in total. The summed E-state index contributed by atoms with van der Waals surface area (Å²) in [5, 5.41) is 0. The van der Waals surface area contributed by atoms with E-state index in [4.69, 9.17) is 11.5 Å². The minimum Gasteiger partial charge on any atom is -0.384 e. The van der Waals surface area contributed by atoms with Gasteiger partial charge in [-0.3, -0.25) is 0 Å². The second-order valence-corrected chi connectivity index (χ2v) is 4.10. The molecule has 0 amide bonds. The Morgan fingerprint density at radius 2 is 2.00 bits per heavy atom. The van der Waals surface area contributed by atoms with Crippen molar-refractivity contribution in [1.29, 1.82) is 0 Å². The molecule has 18 heavy (non-hydrogen) atoms. The van der Waals surface area contributed by atoms with Crippen LogP contribution in [0.15, 0.2) is 36.4 Å². The van der Waals surface area contributed by atoms with E-state index in [1.165, 1.54) is 0 Å². The molecule has 0 aliphatic rings. The van der Waals surface area contributed by atoms with E-state index in [0.717, 1.165) is 22.5 Å². The van der Waals surface area contributed by atoms with Crippen LogP contribution in [0.3, 0.4) is 0 Å². The van der Waals surface area contributed by atoms with Gasteiger partial charge >= 0.3 is 0 Å². The molecule has 2 heterocycles. The van der Waals surface area contributed by atoms with E-state index < -0.39 is 0 Å². The number of fused-ring (bicyclic) bond motifs is 1. The molecular formula is C13H13N5. The summed E-state index contributed by atoms with van der Waals surface area (Å²) >= 11 is 0. The Balaban J connectivity index is 2.13. The SMILES string of the molecule is NCc1cccc(-c2nc3nc(N)ccc3[nH]2)c1. The molecule has 0 saturated carbocycles. The zero-order valence-electron chi connectivity index (χ0n) is 9.72. The molecule has 5 heteroatoms. The van der Waals surface area contributed by atoms with Crippen LogP contribution in [0.25, 0.3) is 22.6 Å². The number of nitrogens with two attached hydrogens (primary N) is 2. The van der Waals surface area contributed by atoms with Crippen molar-refractivity contribution < 1.29 is 0 Å². The first-order chi connectivity index (χ1) is 8.76. The lowest BCUT2D eigenvalue weighted by Gasteiger charge is -1.99. The predicted octanol–water partition coefficient (Wildman–Crippen LogP) is 1.67. The number of pyridine rings is 1. The summed E-state index contributed by atoms with van der Waals surface area (Å²) in [5.74, 6) is 1.25. The number of hydrogen-bond acceptors (Lipinski definition) is 4. The van der Waals surface area contributed by atoms with Crippen LogP contribution in [0.4, 0.5) is 5.82 Å². The van der Waals surface area contributed by atoms with Crippen LogP contribution in [-0.4, -0.2) is 15.0 Å². The first-order valence-electron chi connectivity index (χ1n) is 5.68. The van der Waals surface area contributed by atoms with E-state index in [9.17, 15) is 0 Å². The Bertz CT molecular complexity index is 701. The van der Waals surface area contributed by atoms with Crippen LogP contribution in [0.5, 0.6) is 0 Å². The number of imidazole rings is 1. The number of nitrogen functional groups attached to an aromatic ring is 1. The molecule has 0 atom stereocenters. The summed E-state index contributed by atoms with van der Waals surface area (Å²) in [6.45, 7) is 0.513. The van der Waals surface area contributed by atoms with Gasteiger partial charge in [0.15, 0.2) is 5.65 Å². The first-order valence-corrected chi connectivity index (χ1v) is 5.68. The normalized spacial score (nSPS) is 10.9. The number of anilines is 1. The van der Waals surface area contributed by atoms with E-state index >= 15 is 0 Å². The largest absolute Gasteiger partial charge is 0.384 e. The van der Waals surface area contributed by atoms with E-state index in [1.54, 1.807) is 6.07 Å². The standard InChI is InChI=1S/C13H13N5/c14-7-8-2-1-3-9(6-8)12-16-10-4-5-11(15)17-13(10)18-12/h1-6H,7,14H2,(H3,15,16,17,18). The molecule has 0 aliphatic carbocycles. The van der Waals surface area contributed by atoms with Crippen LogP contribution in [-0.2, 0) is 6.54 Å². The van der Waals surface area contributed by atoms with E-state index in [2.05, 4.69) is 15.0 Å². The molecule has 90 valence electrons. The minimum atomic E-state index is 0.469. The summed E-state index contributed by atoms with van der Waals surface area (Å²) in [7, 11) is 0. The molecule has 2 aromatic heterocycles. The van der Waals surface area contributed by atoms with Gasteiger partial charge in [0.1, 0.15) is 11.6 Å². The molecule has 0 bridgehead atoms. The summed E-state index contributed by atoms with van der Waals surface area (Å²) in [5.41, 5.74) is 14.8. The summed E-state index contributed by atoms with van der Waals surface area (Å²) in [6.07, 6.45) is 0. The van der Waals surface area contributed by atoms with Crippen LogP contribution in [0.2, 0.25) is 0 Å². The third kappa shape index (κ3) is 1.80. The van der Waals surface area contributed by atoms with Gasteiger partial charge < -0.3 is 16.5 Å². The van der Waals surface area contributed by atoms with Gasteiger partial charge in [-0.2, -0.15) is 0 Å². The summed E-state index contributed by atoms with van der Waals surface area (Å²) in [6, 6.07) is 11.6. The van der Waals surface area contributed by atoms with Crippen molar-refractivity contribution in [3.8, 4) is 11.4 Å². The van der Waals surface area contributed by atoms with Crippen molar-refractivity contribution in [3.05, 3.63) is 42.0 Å². The smallest absolute Gasteiger partial charge is 0.180 e. The fourth-order valence-corrected chi connectivity index (χ4v) is 1.89. The van der Waals surface area contributed by atoms with Crippen LogP contribution >= 0.6 is 0 Å². The maximum atomic E-state index is 5.64. The topological polar surface area (TPSA) is 93.6 Å². The Morgan fingerprint density at radius 3 is 2.83 bits per heavy atom. The quantitative estimate of drug-likeness (QED) is 0.634. The molecule has 5 nitrogen and oxygen atoms in total. The number of nitrogens with one attached hydrogen (secondary N) is 1. The van der Waals surface area contributed by atoms with Crippen LogP contribution in [0, 0.1) is 0 Å². The number of nitrogens with zero attached hydrogens (tertiary/aromatic N) is 2. The average Bonchev–Trinajstić information content (AvgIpc) is 2.81. The third-order valence-electron chi connectivity index (χ3n) is 2.80. The van der Waals surface area contributed by atoms with Gasteiger partial charge in [-0.15, -0.1) is 0 Å². The lowest BCUT2D eigenvalue weighted by Crippen LogP contribution is -1.96. The molecule has 0 unspecified atom stereocenters. The monoisotopic (exact) mass is 239 g/mol. The predicted molar refractivity (Wildman–Crippen MR) is 71.6 cm³/mol. The molecule has 0 fully saturated rings. The Morgan fingerprint density at radius 1 is 1.11 bits per heavy atom. The highest BCUT2D eigenvalue weighted by molar-refractivity contribution is 5.77. The fourth-order valence-electron chi connectivity index (χ4n) is 1.89. The van der Waals surface area contributed by atoms with Crippen LogP contribution < -0.4 is 11.5 Å². The van der Waals surface area contributed by atoms with Gasteiger partial charge in [0.25, 0.3) is 0 Å². The first kappa shape index (κ1) is 10.7. The van der Waals surface area contributed by atoms with Crippen molar-refractivity contribution in [2.24, 2.45) is 5.73 Å². The Kier molecular flexibility index (Phi) is 2.46. The zero-order valence-corrected chi connectivity index (χ0v) is 9.72. The van der Waals surface area contributed by atoms with Gasteiger partial charge in [-0.25, -0.2) is 9.97 Å². The maximum absolute atomic E-state index is 5.64. The van der Waals surface area contributed by atoms with Crippen molar-refractivity contribution >= 4 is 17.0 Å². The van der Waals surface area contributed by atoms with Crippen LogP contribution in [0.1, 0.15) is 5.56 Å². The van der Waals surface area contributed by atoms with Crippen molar-refractivity contribution in [1.82, 2.24) is 15.0 Å². The van der Waals surface area contributed by atoms with E-state index in [-0.39, 0.29) is 0 Å². The number of H-pyrrole nitrogens is 1. The fraction of sp³-hybridized carbons (Fsp3) is 0.0769. The number of rotatable bonds is 2. The Hall–Kier alpha value is -2.40. The average molecular weight is 239 g/mol. The molecule has 0 spiro atoms. The number of aromatic nitrogens is 3. The maximum Gasteiger partial charge on any atom is 0.180 e. The lowest BCUT2D eigenvalue weighted by atomic mass is 10.1. The molecule has 1 aromatic carbocycles. The summed E-state index contributed by atoms with van der Waals surface area (Å²) in [4.78, 5) is 11.8. The number of hydrogen-bond donors (Lipinski definition) is 3. The van der Waals surface area contributed by atoms with Gasteiger partial charge in [-0.05, 0) is 23.8 Å². The number of benzene rings is 1. The second-order valence-electron chi connectivity index (χ2n) is 4.10. The number of aromatic amines is 1. The molecule has 3 aromatic rings. The molecule has 0 saturated heterocycles. The highest BCUT2D eigenvalue weighted by Crippen LogP contribution is 2.20. The van der Waals surface area contributed by atoms with Gasteiger partial charge in [0.05, 0.1) is 5.52 Å². The van der Waals surface area contributed by atoms with Gasteiger partial charge in [0.2, 0.25) is 0 Å². The summed E-state index contributed by atoms with van der Waals surface area (Å²) < 4.78 is 0. The van der Waals surface area contributed by atoms with Crippen molar-refractivity contribution in [2.75, 3.05) is 5.73 Å². The van der Waals surface area contributed by atoms with Gasteiger partial charge in [-0.1, -0.05) is 18.2 Å². The highest BCUT2D eigenvalue weighted by Gasteiger charge is 2.06. The molecular weight excluding hydrogens is 226 g/mol. The molecule has 0 aliphatic heterocycles. The Labute approximate surface area is 104 Å². The van der Waals surface area contributed by atoms with Crippen molar-refractivity contribution in [2.45, 2.75) is 6.54 Å². The molecule has 0 radical (unpaired) electrons. The van der Waals surface area contributed by atoms with Gasteiger partial charge in [0, 0.05) is 12.1 Å². The third-order valence-corrected chi connectivity index (χ3v) is 2.80. The lowest BCUT2D eigenvalue weighted by molar-refractivity contribution is 1.07. The van der Waals surface area contributed by atoms with Crippen molar-refractivity contribution in [3.63, 3.8) is 0 Å². The van der Waals surface area contributed by atoms with E-state index in [1.807, 2.05) is 30.3 Å².